The van der Waals surface area contributed by atoms with Gasteiger partial charge in [-0.1, -0.05) is 12.1 Å². The van der Waals surface area contributed by atoms with Crippen LogP contribution in [0.3, 0.4) is 0 Å². The predicted octanol–water partition coefficient (Wildman–Crippen LogP) is 5.50. The fraction of sp³-hybridized carbons (Fsp3) is 0.393. The summed E-state index contributed by atoms with van der Waals surface area (Å²) >= 11 is 0. The molecule has 16 heteroatoms. The molecule has 1 aliphatic carbocycles. The quantitative estimate of drug-likeness (QED) is 0.280. The van der Waals surface area contributed by atoms with Gasteiger partial charge in [-0.15, -0.1) is 0 Å². The summed E-state index contributed by atoms with van der Waals surface area (Å²) in [6.45, 7) is -0.473. The molecule has 1 aliphatic heterocycles. The highest BCUT2D eigenvalue weighted by Crippen LogP contribution is 2.50. The zero-order valence-corrected chi connectivity index (χ0v) is 22.9. The molecule has 10 nitrogen and oxygen atoms in total. The number of amides is 3. The molecule has 2 aliphatic rings. The number of pyridine rings is 2. The fourth-order valence-corrected chi connectivity index (χ4v) is 5.23. The Morgan fingerprint density at radius 2 is 1.80 bits per heavy atom. The smallest absolute Gasteiger partial charge is 0.475 e. The van der Waals surface area contributed by atoms with Crippen LogP contribution < -0.4 is 20.9 Å². The zero-order valence-electron chi connectivity index (χ0n) is 25.9. The summed E-state index contributed by atoms with van der Waals surface area (Å²) in [6.07, 6.45) is -6.88. The molecule has 1 fully saturated rings. The molecular weight excluding hydrogens is 598 g/mol. The number of anilines is 3. The van der Waals surface area contributed by atoms with E-state index in [2.05, 4.69) is 25.9 Å². The molecule has 0 radical (unpaired) electrons. The van der Waals surface area contributed by atoms with Crippen LogP contribution in [0.5, 0.6) is 0 Å². The van der Waals surface area contributed by atoms with Crippen molar-refractivity contribution in [1.29, 1.82) is 0 Å². The van der Waals surface area contributed by atoms with E-state index < -0.39 is 42.2 Å². The number of carbonyl (C=O) groups is 3. The molecule has 0 saturated heterocycles. The van der Waals surface area contributed by atoms with Gasteiger partial charge in [0.05, 0.1) is 28.4 Å². The normalized spacial score (nSPS) is 21.0. The minimum absolute atomic E-state index is 0.109. The summed E-state index contributed by atoms with van der Waals surface area (Å²) in [5, 5.41) is 15.9. The number of nitrogens with one attached hydrogen (secondary N) is 3. The minimum atomic E-state index is -5.08. The zero-order chi connectivity index (χ0) is 34.9. The number of aromatic nitrogens is 2. The molecule has 1 aromatic carbocycles. The number of carboxylic acids is 1. The number of hydrogen-bond acceptors (Lipinski definition) is 6. The molecule has 0 bridgehead atoms. The van der Waals surface area contributed by atoms with Gasteiger partial charge in [0.2, 0.25) is 5.91 Å². The summed E-state index contributed by atoms with van der Waals surface area (Å²) in [4.78, 5) is 43.8. The van der Waals surface area contributed by atoms with E-state index in [0.717, 1.165) is 11.0 Å². The van der Waals surface area contributed by atoms with E-state index in [9.17, 15) is 35.9 Å². The average Bonchev–Trinajstić information content (AvgIpc) is 3.20. The molecule has 3 heterocycles. The third-order valence-electron chi connectivity index (χ3n) is 7.29. The number of likely N-dealkylation sites (N-methyl/N-ethyl adjacent to an activating group) is 1. The van der Waals surface area contributed by atoms with Gasteiger partial charge in [0.25, 0.3) is 0 Å². The molecule has 3 aromatic rings. The van der Waals surface area contributed by atoms with Gasteiger partial charge in [-0.05, 0) is 62.4 Å². The van der Waals surface area contributed by atoms with Crippen molar-refractivity contribution in [1.82, 2.24) is 20.6 Å². The maximum absolute atomic E-state index is 13.7. The summed E-state index contributed by atoms with van der Waals surface area (Å²) in [7, 11) is 0. The van der Waals surface area contributed by atoms with Crippen molar-refractivity contribution in [3.8, 4) is 0 Å². The minimum Gasteiger partial charge on any atom is -0.475 e. The lowest BCUT2D eigenvalue weighted by atomic mass is 9.69. The Bertz CT molecular complexity index is 1680. The first kappa shape index (κ1) is 28.2. The number of rotatable bonds is 4. The van der Waals surface area contributed by atoms with Crippen LogP contribution >= 0.6 is 0 Å². The van der Waals surface area contributed by atoms with Crippen LogP contribution in [0.4, 0.5) is 48.5 Å². The Morgan fingerprint density at radius 1 is 1.11 bits per heavy atom. The molecule has 44 heavy (non-hydrogen) atoms. The fourth-order valence-electron chi connectivity index (χ4n) is 5.23. The van der Waals surface area contributed by atoms with Gasteiger partial charge in [0.1, 0.15) is 11.6 Å². The second-order valence-electron chi connectivity index (χ2n) is 10.1. The predicted molar refractivity (Wildman–Crippen MR) is 148 cm³/mol. The Hall–Kier alpha value is -4.63. The van der Waals surface area contributed by atoms with Crippen LogP contribution in [0.2, 0.25) is 0 Å². The lowest BCUT2D eigenvalue weighted by molar-refractivity contribution is -0.192. The number of carboxylic acid groups (broad SMARTS) is 1. The third-order valence-corrected chi connectivity index (χ3v) is 7.29. The summed E-state index contributed by atoms with van der Waals surface area (Å²) < 4.78 is 96.3. The van der Waals surface area contributed by atoms with Gasteiger partial charge in [-0.25, -0.2) is 19.6 Å². The van der Waals surface area contributed by atoms with Crippen molar-refractivity contribution in [2.24, 2.45) is 0 Å². The molecule has 4 N–H and O–H groups in total. The van der Waals surface area contributed by atoms with Crippen molar-refractivity contribution in [3.63, 3.8) is 0 Å². The van der Waals surface area contributed by atoms with E-state index in [0.29, 0.717) is 43.2 Å². The van der Waals surface area contributed by atoms with Crippen LogP contribution in [-0.4, -0.2) is 58.7 Å². The molecule has 5 rings (SSSR count). The van der Waals surface area contributed by atoms with Crippen LogP contribution in [0, 0.1) is 0 Å². The second-order valence-corrected chi connectivity index (χ2v) is 10.1. The van der Waals surface area contributed by atoms with Crippen LogP contribution in [0.15, 0.2) is 42.6 Å². The van der Waals surface area contributed by atoms with Crippen molar-refractivity contribution in [3.05, 3.63) is 53.7 Å². The Labute approximate surface area is 251 Å². The lowest BCUT2D eigenvalue weighted by Crippen LogP contribution is -2.48. The van der Waals surface area contributed by atoms with Crippen LogP contribution in [0.25, 0.3) is 10.9 Å². The Balaban J connectivity index is 0.000000644. The topological polar surface area (TPSA) is 137 Å². The van der Waals surface area contributed by atoms with Gasteiger partial charge < -0.3 is 26.0 Å². The van der Waals surface area contributed by atoms with Crippen molar-refractivity contribution in [2.45, 2.75) is 56.4 Å². The number of benzene rings is 1. The van der Waals surface area contributed by atoms with Gasteiger partial charge in [-0.3, -0.25) is 4.79 Å². The first-order chi connectivity index (χ1) is 21.8. The SMILES string of the molecule is O=C(O)C(F)(F)F.[2H]C([2H])([2H])N1C(=O)C2(CCC(NC(=O)NCC)CC2)c2cc(Nc3ccc4cccc(C(F)(F)F)c4n3)ncc21. The monoisotopic (exact) mass is 629 g/mol. The van der Waals surface area contributed by atoms with Crippen molar-refractivity contribution < 1.29 is 49.9 Å². The lowest BCUT2D eigenvalue weighted by Gasteiger charge is -2.36. The van der Waals surface area contributed by atoms with Gasteiger partial charge in [0, 0.05) is 29.1 Å². The van der Waals surface area contributed by atoms with Gasteiger partial charge >= 0.3 is 24.4 Å². The maximum Gasteiger partial charge on any atom is 0.490 e. The molecule has 236 valence electrons. The number of para-hydroxylation sites is 1. The number of hydrogen-bond donors (Lipinski definition) is 4. The number of nitrogens with zero attached hydrogens (tertiary/aromatic N) is 3. The molecule has 3 amide bonds. The summed E-state index contributed by atoms with van der Waals surface area (Å²) in [5.41, 5.74) is -1.59. The number of urea groups is 1. The highest BCUT2D eigenvalue weighted by Gasteiger charge is 2.51. The van der Waals surface area contributed by atoms with Crippen LogP contribution in [-0.2, 0) is 21.2 Å². The first-order valence-corrected chi connectivity index (χ1v) is 13.2. The van der Waals surface area contributed by atoms with E-state index in [-0.39, 0.29) is 34.9 Å². The largest absolute Gasteiger partial charge is 0.490 e. The molecule has 1 saturated carbocycles. The third kappa shape index (κ3) is 6.63. The number of fused-ring (bicyclic) bond motifs is 3. The Kier molecular flexibility index (Phi) is 7.78. The van der Waals surface area contributed by atoms with E-state index in [4.69, 9.17) is 14.0 Å². The summed E-state index contributed by atoms with van der Waals surface area (Å²) in [6, 6.07) is 7.92. The second kappa shape index (κ2) is 12.2. The van der Waals surface area contributed by atoms with E-state index >= 15 is 0 Å². The molecular formula is C28H28F6N6O4. The van der Waals surface area contributed by atoms with E-state index in [1.54, 1.807) is 13.0 Å². The molecule has 1 spiro atoms. The van der Waals surface area contributed by atoms with Gasteiger partial charge in [-0.2, -0.15) is 26.3 Å². The molecule has 0 unspecified atom stereocenters. The van der Waals surface area contributed by atoms with E-state index in [1.165, 1.54) is 30.5 Å². The van der Waals surface area contributed by atoms with Crippen molar-refractivity contribution in [2.75, 3.05) is 23.7 Å². The molecule has 0 atom stereocenters. The number of carbonyl (C=O) groups excluding carboxylic acids is 2. The number of alkyl halides is 6. The van der Waals surface area contributed by atoms with E-state index in [1.807, 2.05) is 0 Å². The highest BCUT2D eigenvalue weighted by atomic mass is 19.4. The average molecular weight is 630 g/mol. The van der Waals surface area contributed by atoms with Crippen LogP contribution in [0.1, 0.15) is 47.8 Å². The van der Waals surface area contributed by atoms with Gasteiger partial charge in [0.15, 0.2) is 0 Å². The standard InChI is InChI=1S/C26H27F3N6O2.C2HF3O2/c1-3-30-24(37)32-16-9-11-25(12-10-16)18-13-21(31-14-19(18)35(2)23(25)36)33-20-8-7-15-5-4-6-17(22(15)34-20)26(27,28)29;3-2(4,5)1(6)7/h4-8,13-14,16H,3,9-12H2,1-2H3,(H2,30,32,37)(H,31,33,34);(H,6,7)/i2D3;. The number of aliphatic carboxylic acids is 1. The highest BCUT2D eigenvalue weighted by molar-refractivity contribution is 6.08. The first-order valence-electron chi connectivity index (χ1n) is 14.7. The Morgan fingerprint density at radius 3 is 2.39 bits per heavy atom. The molecule has 2 aromatic heterocycles. The maximum atomic E-state index is 13.7. The van der Waals surface area contributed by atoms with Crippen molar-refractivity contribution >= 4 is 46.1 Å². The summed E-state index contributed by atoms with van der Waals surface area (Å²) in [5.74, 6) is -3.00. The number of halogens is 6.